The first kappa shape index (κ1) is 24.9. The number of nitrogens with one attached hydrogen (secondary N) is 3. The van der Waals surface area contributed by atoms with E-state index in [9.17, 15) is 14.4 Å². The Morgan fingerprint density at radius 3 is 2.32 bits per heavy atom. The third-order valence-corrected chi connectivity index (χ3v) is 5.60. The van der Waals surface area contributed by atoms with Crippen molar-refractivity contribution in [1.29, 1.82) is 0 Å². The molecule has 1 fully saturated rings. The second-order valence-electron chi connectivity index (χ2n) is 7.93. The van der Waals surface area contributed by atoms with Crippen LogP contribution >= 0.6 is 0 Å². The molecule has 182 valence electrons. The fraction of sp³-hybridized carbons (Fsp3) is 0.400. The molecule has 0 aromatic heterocycles. The number of rotatable bonds is 11. The van der Waals surface area contributed by atoms with Gasteiger partial charge in [-0.25, -0.2) is 0 Å². The fourth-order valence-corrected chi connectivity index (χ4v) is 3.80. The number of carbonyl (C=O) groups is 3. The molecule has 0 heterocycles. The maximum absolute atomic E-state index is 12.5. The van der Waals surface area contributed by atoms with Crippen LogP contribution in [-0.2, 0) is 9.59 Å². The van der Waals surface area contributed by atoms with Gasteiger partial charge in [0.05, 0.1) is 19.9 Å². The summed E-state index contributed by atoms with van der Waals surface area (Å²) >= 11 is 0. The first-order chi connectivity index (χ1) is 16.5. The zero-order valence-corrected chi connectivity index (χ0v) is 19.5. The number of carbonyl (C=O) groups excluding carboxylic acids is 3. The summed E-state index contributed by atoms with van der Waals surface area (Å²) in [6.45, 7) is 0.447. The number of amides is 3. The van der Waals surface area contributed by atoms with Crippen molar-refractivity contribution < 1.29 is 28.6 Å². The van der Waals surface area contributed by atoms with E-state index >= 15 is 0 Å². The lowest BCUT2D eigenvalue weighted by Crippen LogP contribution is -2.37. The Morgan fingerprint density at radius 2 is 1.59 bits per heavy atom. The van der Waals surface area contributed by atoms with Crippen molar-refractivity contribution >= 4 is 23.4 Å². The number of hydrogen-bond donors (Lipinski definition) is 3. The lowest BCUT2D eigenvalue weighted by molar-refractivity contribution is -0.124. The molecular weight excluding hydrogens is 438 g/mol. The third kappa shape index (κ3) is 6.87. The molecule has 9 heteroatoms. The molecule has 34 heavy (non-hydrogen) atoms. The Labute approximate surface area is 199 Å². The Hall–Kier alpha value is -3.75. The van der Waals surface area contributed by atoms with E-state index in [1.807, 2.05) is 0 Å². The summed E-state index contributed by atoms with van der Waals surface area (Å²) in [5, 5.41) is 8.38. The number of hydrogen-bond acceptors (Lipinski definition) is 6. The van der Waals surface area contributed by atoms with E-state index in [-0.39, 0.29) is 30.2 Å². The van der Waals surface area contributed by atoms with E-state index in [0.717, 1.165) is 25.7 Å². The molecule has 3 amide bonds. The van der Waals surface area contributed by atoms with Crippen molar-refractivity contribution in [1.82, 2.24) is 10.6 Å². The van der Waals surface area contributed by atoms with Crippen molar-refractivity contribution in [2.24, 2.45) is 5.92 Å². The van der Waals surface area contributed by atoms with Crippen LogP contribution in [0, 0.1) is 5.92 Å². The third-order valence-electron chi connectivity index (χ3n) is 5.60. The monoisotopic (exact) mass is 469 g/mol. The van der Waals surface area contributed by atoms with Crippen LogP contribution in [0.2, 0.25) is 0 Å². The quantitative estimate of drug-likeness (QED) is 0.436. The molecule has 0 bridgehead atoms. The van der Waals surface area contributed by atoms with Crippen LogP contribution in [0.4, 0.5) is 5.69 Å². The molecule has 2 aromatic rings. The highest BCUT2D eigenvalue weighted by Gasteiger charge is 2.22. The first-order valence-corrected chi connectivity index (χ1v) is 11.3. The average Bonchev–Trinajstić information content (AvgIpc) is 3.40. The van der Waals surface area contributed by atoms with Crippen LogP contribution in [0.3, 0.4) is 0 Å². The van der Waals surface area contributed by atoms with Gasteiger partial charge in [0.2, 0.25) is 5.91 Å². The minimum absolute atomic E-state index is 0.0599. The molecule has 0 saturated heterocycles. The molecule has 1 aliphatic carbocycles. The van der Waals surface area contributed by atoms with Crippen molar-refractivity contribution in [3.63, 3.8) is 0 Å². The normalized spacial score (nSPS) is 13.1. The SMILES string of the molecule is COc1ccccc1NC(=O)COc1ccc(C(=O)NCCNC(=O)C2CCCC2)cc1OC. The van der Waals surface area contributed by atoms with Crippen molar-refractivity contribution in [3.05, 3.63) is 48.0 Å². The van der Waals surface area contributed by atoms with Crippen LogP contribution in [-0.4, -0.2) is 51.6 Å². The van der Waals surface area contributed by atoms with Gasteiger partial charge in [-0.15, -0.1) is 0 Å². The van der Waals surface area contributed by atoms with Gasteiger partial charge in [0.25, 0.3) is 11.8 Å². The van der Waals surface area contributed by atoms with Gasteiger partial charge in [-0.1, -0.05) is 25.0 Å². The molecule has 0 spiro atoms. The van der Waals surface area contributed by atoms with Crippen LogP contribution in [0.25, 0.3) is 0 Å². The second-order valence-corrected chi connectivity index (χ2v) is 7.93. The largest absolute Gasteiger partial charge is 0.495 e. The van der Waals surface area contributed by atoms with Crippen molar-refractivity contribution in [2.45, 2.75) is 25.7 Å². The number of ether oxygens (including phenoxy) is 3. The standard InChI is InChI=1S/C25H31N3O6/c1-32-20-10-6-5-9-19(20)28-23(29)16-34-21-12-11-18(15-22(21)33-2)25(31)27-14-13-26-24(30)17-7-3-4-8-17/h5-6,9-12,15,17H,3-4,7-8,13-14,16H2,1-2H3,(H,26,30)(H,27,31)(H,28,29). The lowest BCUT2D eigenvalue weighted by Gasteiger charge is -2.14. The molecule has 0 aliphatic heterocycles. The van der Waals surface area contributed by atoms with Crippen LogP contribution < -0.4 is 30.2 Å². The maximum Gasteiger partial charge on any atom is 0.262 e. The Bertz CT molecular complexity index is 1000. The van der Waals surface area contributed by atoms with Crippen molar-refractivity contribution in [2.75, 3.05) is 39.2 Å². The van der Waals surface area contributed by atoms with Crippen LogP contribution in [0.15, 0.2) is 42.5 Å². The molecule has 0 radical (unpaired) electrons. The van der Waals surface area contributed by atoms with E-state index < -0.39 is 0 Å². The number of para-hydroxylation sites is 2. The van der Waals surface area contributed by atoms with E-state index in [1.54, 1.807) is 42.5 Å². The molecular formula is C25H31N3O6. The second kappa shape index (κ2) is 12.5. The highest BCUT2D eigenvalue weighted by atomic mass is 16.5. The smallest absolute Gasteiger partial charge is 0.262 e. The van der Waals surface area contributed by atoms with Gasteiger partial charge in [-0.2, -0.15) is 0 Å². The van der Waals surface area contributed by atoms with Gasteiger partial charge in [0.15, 0.2) is 18.1 Å². The van der Waals surface area contributed by atoms with Crippen LogP contribution in [0.5, 0.6) is 17.2 Å². The van der Waals surface area contributed by atoms with E-state index in [0.29, 0.717) is 41.6 Å². The molecule has 9 nitrogen and oxygen atoms in total. The predicted molar refractivity (Wildman–Crippen MR) is 127 cm³/mol. The predicted octanol–water partition coefficient (Wildman–Crippen LogP) is 2.76. The molecule has 0 unspecified atom stereocenters. The first-order valence-electron chi connectivity index (χ1n) is 11.3. The maximum atomic E-state index is 12.5. The molecule has 1 aliphatic rings. The van der Waals surface area contributed by atoms with E-state index in [4.69, 9.17) is 14.2 Å². The number of benzene rings is 2. The van der Waals surface area contributed by atoms with Gasteiger partial charge < -0.3 is 30.2 Å². The minimum atomic E-state index is -0.368. The molecule has 0 atom stereocenters. The minimum Gasteiger partial charge on any atom is -0.495 e. The van der Waals surface area contributed by atoms with Crippen LogP contribution in [0.1, 0.15) is 36.0 Å². The Kier molecular flexibility index (Phi) is 9.13. The van der Waals surface area contributed by atoms with Gasteiger partial charge in [0.1, 0.15) is 5.75 Å². The van der Waals surface area contributed by atoms with E-state index in [1.165, 1.54) is 14.2 Å². The summed E-state index contributed by atoms with van der Waals surface area (Å²) in [5.41, 5.74) is 0.918. The molecule has 1 saturated carbocycles. The Balaban J connectivity index is 1.47. The summed E-state index contributed by atoms with van der Waals surface area (Å²) in [6, 6.07) is 11.8. The molecule has 2 aromatic carbocycles. The fourth-order valence-electron chi connectivity index (χ4n) is 3.80. The summed E-state index contributed by atoms with van der Waals surface area (Å²) < 4.78 is 16.1. The summed E-state index contributed by atoms with van der Waals surface area (Å²) in [5.74, 6) is 0.697. The van der Waals surface area contributed by atoms with E-state index in [2.05, 4.69) is 16.0 Å². The highest BCUT2D eigenvalue weighted by molar-refractivity contribution is 5.95. The zero-order valence-electron chi connectivity index (χ0n) is 19.5. The van der Waals surface area contributed by atoms with Crippen molar-refractivity contribution in [3.8, 4) is 17.2 Å². The summed E-state index contributed by atoms with van der Waals surface area (Å²) in [4.78, 5) is 36.8. The van der Waals surface area contributed by atoms with Gasteiger partial charge in [-0.05, 0) is 43.2 Å². The molecule has 3 N–H and O–H groups in total. The van der Waals surface area contributed by atoms with Gasteiger partial charge in [0, 0.05) is 24.6 Å². The molecule has 3 rings (SSSR count). The Morgan fingerprint density at radius 1 is 0.882 bits per heavy atom. The summed E-state index contributed by atoms with van der Waals surface area (Å²) in [7, 11) is 2.98. The zero-order chi connectivity index (χ0) is 24.3. The lowest BCUT2D eigenvalue weighted by atomic mass is 10.1. The topological polar surface area (TPSA) is 115 Å². The number of anilines is 1. The average molecular weight is 470 g/mol. The number of methoxy groups -OCH3 is 2. The summed E-state index contributed by atoms with van der Waals surface area (Å²) in [6.07, 6.45) is 4.08. The highest BCUT2D eigenvalue weighted by Crippen LogP contribution is 2.28. The van der Waals surface area contributed by atoms with Gasteiger partial charge in [-0.3, -0.25) is 14.4 Å². The van der Waals surface area contributed by atoms with Gasteiger partial charge >= 0.3 is 0 Å².